The van der Waals surface area contributed by atoms with E-state index in [0.29, 0.717) is 0 Å². The lowest BCUT2D eigenvalue weighted by Gasteiger charge is -2.11. The number of imidazole rings is 1. The van der Waals surface area contributed by atoms with E-state index in [2.05, 4.69) is 108 Å². The zero-order chi connectivity index (χ0) is 23.6. The van der Waals surface area contributed by atoms with Crippen LogP contribution in [-0.4, -0.2) is 8.96 Å². The Bertz CT molecular complexity index is 2120. The normalized spacial score (nSPS) is 12.0. The summed E-state index contributed by atoms with van der Waals surface area (Å²) in [5.74, 6) is 0. The van der Waals surface area contributed by atoms with Gasteiger partial charge in [0, 0.05) is 17.3 Å². The minimum absolute atomic E-state index is 1.23. The van der Waals surface area contributed by atoms with Gasteiger partial charge < -0.3 is 0 Å². The SMILES string of the molecule is c1ccc2cc3cc4c(ccc5cc6cc7cccc(Sn8ccnc8)c7cc6cc54)cc3cc2c1. The van der Waals surface area contributed by atoms with Crippen molar-refractivity contribution < 1.29 is 0 Å². The molecular weight excluding hydrogens is 456 g/mol. The molecular formula is C33H20N2S. The minimum Gasteiger partial charge on any atom is -0.276 e. The maximum absolute atomic E-state index is 4.19. The van der Waals surface area contributed by atoms with Gasteiger partial charge in [0.25, 0.3) is 0 Å². The lowest BCUT2D eigenvalue weighted by molar-refractivity contribution is 1.22. The van der Waals surface area contributed by atoms with Crippen LogP contribution >= 0.6 is 11.9 Å². The monoisotopic (exact) mass is 476 g/mol. The summed E-state index contributed by atoms with van der Waals surface area (Å²) in [6.07, 6.45) is 5.65. The van der Waals surface area contributed by atoms with Crippen LogP contribution in [0.3, 0.4) is 0 Å². The van der Waals surface area contributed by atoms with Crippen molar-refractivity contribution >= 4 is 76.6 Å². The Morgan fingerprint density at radius 1 is 0.472 bits per heavy atom. The highest BCUT2D eigenvalue weighted by Gasteiger charge is 2.09. The summed E-state index contributed by atoms with van der Waals surface area (Å²) in [4.78, 5) is 5.42. The van der Waals surface area contributed by atoms with Crippen LogP contribution < -0.4 is 0 Å². The van der Waals surface area contributed by atoms with Gasteiger partial charge in [0.05, 0.1) is 0 Å². The molecule has 8 aromatic rings. The number of benzene rings is 7. The van der Waals surface area contributed by atoms with Crippen molar-refractivity contribution in [2.75, 3.05) is 0 Å². The van der Waals surface area contributed by atoms with Crippen LogP contribution in [0.5, 0.6) is 0 Å². The van der Waals surface area contributed by atoms with Gasteiger partial charge in [0.1, 0.15) is 6.33 Å². The highest BCUT2D eigenvalue weighted by Crippen LogP contribution is 2.36. The lowest BCUT2D eigenvalue weighted by atomic mass is 9.94. The van der Waals surface area contributed by atoms with E-state index in [9.17, 15) is 0 Å². The van der Waals surface area contributed by atoms with Crippen molar-refractivity contribution in [3.63, 3.8) is 0 Å². The average Bonchev–Trinajstić information content (AvgIpc) is 3.42. The minimum atomic E-state index is 1.23. The summed E-state index contributed by atoms with van der Waals surface area (Å²) < 4.78 is 2.04. The summed E-state index contributed by atoms with van der Waals surface area (Å²) in [6, 6.07) is 38.4. The molecule has 0 aliphatic heterocycles. The van der Waals surface area contributed by atoms with Crippen LogP contribution in [0.4, 0.5) is 0 Å². The zero-order valence-electron chi connectivity index (χ0n) is 19.3. The molecule has 2 nitrogen and oxygen atoms in total. The quantitative estimate of drug-likeness (QED) is 0.183. The van der Waals surface area contributed by atoms with Crippen LogP contribution in [0.15, 0.2) is 127 Å². The molecule has 0 aliphatic carbocycles. The van der Waals surface area contributed by atoms with Gasteiger partial charge in [-0.05, 0) is 131 Å². The topological polar surface area (TPSA) is 17.8 Å². The molecule has 0 aliphatic rings. The van der Waals surface area contributed by atoms with Gasteiger partial charge >= 0.3 is 0 Å². The molecule has 0 radical (unpaired) electrons. The molecule has 36 heavy (non-hydrogen) atoms. The molecule has 0 saturated heterocycles. The molecule has 7 aromatic carbocycles. The third kappa shape index (κ3) is 3.10. The van der Waals surface area contributed by atoms with Crippen molar-refractivity contribution in [1.82, 2.24) is 8.96 Å². The Hall–Kier alpha value is -4.34. The Morgan fingerprint density at radius 3 is 1.64 bits per heavy atom. The van der Waals surface area contributed by atoms with E-state index in [-0.39, 0.29) is 0 Å². The number of rotatable bonds is 2. The molecule has 0 spiro atoms. The fourth-order valence-electron chi connectivity index (χ4n) is 5.49. The third-order valence-electron chi connectivity index (χ3n) is 7.26. The Kier molecular flexibility index (Phi) is 4.19. The standard InChI is InChI=1S/C33H20N2S/c1-2-5-22-13-28-17-30-24(15-26(28)12-21(22)4-1)8-9-25-16-27-14-23-6-3-7-33(36-35-11-10-34-20-35)32(23)19-29(27)18-31(25)30/h1-20H. The van der Waals surface area contributed by atoms with Gasteiger partial charge in [-0.2, -0.15) is 0 Å². The van der Waals surface area contributed by atoms with E-state index < -0.39 is 0 Å². The number of aromatic nitrogens is 2. The maximum Gasteiger partial charge on any atom is 0.105 e. The molecule has 0 N–H and O–H groups in total. The molecule has 0 amide bonds. The van der Waals surface area contributed by atoms with Crippen LogP contribution in [0.1, 0.15) is 0 Å². The van der Waals surface area contributed by atoms with E-state index in [1.54, 1.807) is 11.9 Å². The van der Waals surface area contributed by atoms with Gasteiger partial charge in [-0.25, -0.2) is 4.98 Å². The van der Waals surface area contributed by atoms with Gasteiger partial charge in [-0.1, -0.05) is 48.5 Å². The van der Waals surface area contributed by atoms with Crippen molar-refractivity contribution in [2.45, 2.75) is 4.90 Å². The smallest absolute Gasteiger partial charge is 0.105 e. The molecule has 0 bridgehead atoms. The zero-order valence-corrected chi connectivity index (χ0v) is 20.2. The summed E-state index contributed by atoms with van der Waals surface area (Å²) >= 11 is 1.69. The first kappa shape index (κ1) is 19.9. The Morgan fingerprint density at radius 2 is 1.00 bits per heavy atom. The van der Waals surface area contributed by atoms with E-state index >= 15 is 0 Å². The predicted molar refractivity (Wildman–Crippen MR) is 155 cm³/mol. The van der Waals surface area contributed by atoms with Crippen LogP contribution in [0, 0.1) is 0 Å². The largest absolute Gasteiger partial charge is 0.276 e. The molecule has 1 heterocycles. The van der Waals surface area contributed by atoms with Crippen molar-refractivity contribution in [2.24, 2.45) is 0 Å². The second-order valence-corrected chi connectivity index (χ2v) is 10.5. The second kappa shape index (κ2) is 7.58. The molecule has 0 unspecified atom stereocenters. The van der Waals surface area contributed by atoms with Gasteiger partial charge in [-0.15, -0.1) is 0 Å². The molecule has 1 aromatic heterocycles. The van der Waals surface area contributed by atoms with Gasteiger partial charge in [-0.3, -0.25) is 3.97 Å². The number of hydrogen-bond acceptors (Lipinski definition) is 2. The molecule has 8 rings (SSSR count). The predicted octanol–water partition coefficient (Wildman–Crippen LogP) is 9.36. The molecule has 0 fully saturated rings. The fraction of sp³-hybridized carbons (Fsp3) is 0. The fourth-order valence-corrected chi connectivity index (χ4v) is 6.35. The number of nitrogens with zero attached hydrogens (tertiary/aromatic N) is 2. The van der Waals surface area contributed by atoms with Crippen molar-refractivity contribution in [3.05, 3.63) is 122 Å². The van der Waals surface area contributed by atoms with E-state index in [1.807, 2.05) is 22.7 Å². The Balaban J connectivity index is 1.39. The van der Waals surface area contributed by atoms with E-state index in [4.69, 9.17) is 0 Å². The first-order valence-corrected chi connectivity index (χ1v) is 12.9. The maximum atomic E-state index is 4.19. The lowest BCUT2D eigenvalue weighted by Crippen LogP contribution is -1.86. The second-order valence-electron chi connectivity index (χ2n) is 9.45. The van der Waals surface area contributed by atoms with E-state index in [0.717, 1.165) is 0 Å². The summed E-state index contributed by atoms with van der Waals surface area (Å²) in [5, 5.41) is 15.3. The van der Waals surface area contributed by atoms with Crippen LogP contribution in [0.2, 0.25) is 0 Å². The number of fused-ring (bicyclic) bond motifs is 7. The first-order chi connectivity index (χ1) is 17.8. The van der Waals surface area contributed by atoms with Crippen LogP contribution in [0.25, 0.3) is 64.6 Å². The number of hydrogen-bond donors (Lipinski definition) is 0. The highest BCUT2D eigenvalue weighted by atomic mass is 32.2. The molecule has 0 atom stereocenters. The first-order valence-electron chi connectivity index (χ1n) is 12.1. The summed E-state index contributed by atoms with van der Waals surface area (Å²) in [7, 11) is 0. The average molecular weight is 477 g/mol. The molecule has 168 valence electrons. The van der Waals surface area contributed by atoms with Crippen molar-refractivity contribution in [3.8, 4) is 0 Å². The van der Waals surface area contributed by atoms with E-state index in [1.165, 1.54) is 69.5 Å². The van der Waals surface area contributed by atoms with Crippen molar-refractivity contribution in [1.29, 1.82) is 0 Å². The van der Waals surface area contributed by atoms with Gasteiger partial charge in [0.15, 0.2) is 0 Å². The summed E-state index contributed by atoms with van der Waals surface area (Å²) in [6.45, 7) is 0. The molecule has 0 saturated carbocycles. The highest BCUT2D eigenvalue weighted by molar-refractivity contribution is 7.98. The van der Waals surface area contributed by atoms with Gasteiger partial charge in [0.2, 0.25) is 0 Å². The summed E-state index contributed by atoms with van der Waals surface area (Å²) in [5.41, 5.74) is 0. The molecule has 3 heteroatoms. The van der Waals surface area contributed by atoms with Crippen LogP contribution in [-0.2, 0) is 0 Å². The third-order valence-corrected chi connectivity index (χ3v) is 8.24. The Labute approximate surface area is 211 Å².